The van der Waals surface area contributed by atoms with Gasteiger partial charge < -0.3 is 15.0 Å². The molecular weight excluding hydrogens is 416 g/mol. The predicted molar refractivity (Wildman–Crippen MR) is 107 cm³/mol. The molecule has 0 radical (unpaired) electrons. The van der Waals surface area contributed by atoms with Gasteiger partial charge in [-0.05, 0) is 43.5 Å². The lowest BCUT2D eigenvalue weighted by atomic mass is 9.99. The number of carbonyl (C=O) groups excluding carboxylic acids is 2. The van der Waals surface area contributed by atoms with Gasteiger partial charge in [-0.1, -0.05) is 23.9 Å². The summed E-state index contributed by atoms with van der Waals surface area (Å²) in [5.41, 5.74) is 1.41. The summed E-state index contributed by atoms with van der Waals surface area (Å²) >= 11 is 0.300. The quantitative estimate of drug-likeness (QED) is 0.486. The van der Waals surface area contributed by atoms with Gasteiger partial charge in [-0.25, -0.2) is 0 Å². The number of aryl methyl sites for hydroxylation is 1. The van der Waals surface area contributed by atoms with E-state index < -0.39 is 29.8 Å². The number of aromatic amines is 1. The number of halogens is 2. The zero-order valence-electron chi connectivity index (χ0n) is 16.3. The lowest BCUT2D eigenvalue weighted by Crippen LogP contribution is -2.22. The van der Waals surface area contributed by atoms with Crippen LogP contribution in [0.1, 0.15) is 28.8 Å². The van der Waals surface area contributed by atoms with Crippen LogP contribution in [0.15, 0.2) is 34.0 Å². The Balaban J connectivity index is 1.91. The molecule has 10 heteroatoms. The number of nitrogens with one attached hydrogen (secondary N) is 2. The second kappa shape index (κ2) is 10.5. The van der Waals surface area contributed by atoms with Crippen molar-refractivity contribution in [2.24, 2.45) is 0 Å². The fourth-order valence-electron chi connectivity index (χ4n) is 2.82. The second-order valence-corrected chi connectivity index (χ2v) is 7.28. The molecule has 0 saturated heterocycles. The van der Waals surface area contributed by atoms with E-state index in [-0.39, 0.29) is 29.0 Å². The van der Waals surface area contributed by atoms with Gasteiger partial charge in [-0.2, -0.15) is 14.0 Å². The smallest absolute Gasteiger partial charge is 0.306 e. The number of para-hydroxylation sites is 1. The third-order valence-electron chi connectivity index (χ3n) is 4.24. The molecule has 0 spiro atoms. The first kappa shape index (κ1) is 23.1. The molecule has 2 N–H and O–H groups in total. The van der Waals surface area contributed by atoms with E-state index in [1.54, 1.807) is 26.0 Å². The van der Waals surface area contributed by atoms with E-state index in [1.807, 2.05) is 6.07 Å². The van der Waals surface area contributed by atoms with Crippen molar-refractivity contribution in [3.8, 4) is 6.07 Å². The van der Waals surface area contributed by atoms with Crippen molar-refractivity contribution >= 4 is 29.3 Å². The predicted octanol–water partition coefficient (Wildman–Crippen LogP) is 3.29. The number of pyridine rings is 1. The summed E-state index contributed by atoms with van der Waals surface area (Å²) in [6.45, 7) is 2.72. The van der Waals surface area contributed by atoms with Crippen molar-refractivity contribution in [1.29, 1.82) is 5.26 Å². The first-order valence-electron chi connectivity index (χ1n) is 8.84. The third kappa shape index (κ3) is 6.15. The van der Waals surface area contributed by atoms with Gasteiger partial charge in [0.15, 0.2) is 6.61 Å². The van der Waals surface area contributed by atoms with Crippen LogP contribution in [0.2, 0.25) is 0 Å². The topological polar surface area (TPSA) is 112 Å². The highest BCUT2D eigenvalue weighted by molar-refractivity contribution is 7.99. The fraction of sp³-hybridized carbons (Fsp3) is 0.300. The van der Waals surface area contributed by atoms with E-state index in [1.165, 1.54) is 12.1 Å². The molecule has 0 unspecified atom stereocenters. The number of esters is 1. The van der Waals surface area contributed by atoms with E-state index in [4.69, 9.17) is 10.00 Å². The van der Waals surface area contributed by atoms with Crippen LogP contribution >= 0.6 is 11.8 Å². The molecule has 0 fully saturated rings. The van der Waals surface area contributed by atoms with Crippen molar-refractivity contribution in [3.05, 3.63) is 57.0 Å². The number of hydrogen-bond acceptors (Lipinski definition) is 6. The van der Waals surface area contributed by atoms with E-state index >= 15 is 0 Å². The number of nitriles is 1. The monoisotopic (exact) mass is 435 g/mol. The molecule has 1 heterocycles. The van der Waals surface area contributed by atoms with Crippen molar-refractivity contribution in [3.63, 3.8) is 0 Å². The summed E-state index contributed by atoms with van der Waals surface area (Å²) in [5.74, 6) is -3.94. The minimum Gasteiger partial charge on any atom is -0.456 e. The number of alkyl halides is 2. The van der Waals surface area contributed by atoms with Gasteiger partial charge in [0, 0.05) is 17.0 Å². The van der Waals surface area contributed by atoms with Crippen LogP contribution < -0.4 is 10.9 Å². The summed E-state index contributed by atoms with van der Waals surface area (Å²) < 4.78 is 30.1. The van der Waals surface area contributed by atoms with Crippen molar-refractivity contribution in [1.82, 2.24) is 4.98 Å². The normalized spacial score (nSPS) is 10.5. The molecule has 1 aromatic heterocycles. The van der Waals surface area contributed by atoms with Gasteiger partial charge in [0.05, 0.1) is 5.69 Å². The van der Waals surface area contributed by atoms with Gasteiger partial charge >= 0.3 is 5.97 Å². The van der Waals surface area contributed by atoms with E-state index in [9.17, 15) is 23.2 Å². The molecule has 0 bridgehead atoms. The van der Waals surface area contributed by atoms with Crippen molar-refractivity contribution < 1.29 is 23.1 Å². The SMILES string of the molecule is Cc1[nH]c(=O)c(C#N)c(C)c1CCC(=O)OCC(=O)Nc1ccccc1SC(F)F. The molecule has 2 rings (SSSR count). The third-order valence-corrected chi connectivity index (χ3v) is 5.03. The van der Waals surface area contributed by atoms with Crippen molar-refractivity contribution in [2.75, 3.05) is 11.9 Å². The Kier molecular flexibility index (Phi) is 8.12. The highest BCUT2D eigenvalue weighted by Crippen LogP contribution is 2.31. The molecule has 0 aliphatic rings. The number of thioether (sulfide) groups is 1. The van der Waals surface area contributed by atoms with Crippen LogP contribution in [-0.4, -0.2) is 29.2 Å². The van der Waals surface area contributed by atoms with Gasteiger partial charge in [-0.3, -0.25) is 14.4 Å². The molecule has 1 amide bonds. The molecule has 7 nitrogen and oxygen atoms in total. The maximum absolute atomic E-state index is 12.6. The Hall–Kier alpha value is -3.19. The Morgan fingerprint density at radius 1 is 1.30 bits per heavy atom. The summed E-state index contributed by atoms with van der Waals surface area (Å²) in [5, 5.41) is 11.5. The molecule has 158 valence electrons. The number of H-pyrrole nitrogens is 1. The molecule has 0 aliphatic heterocycles. The number of ether oxygens (including phenoxy) is 1. The molecule has 0 atom stereocenters. The van der Waals surface area contributed by atoms with E-state index in [0.717, 1.165) is 0 Å². The zero-order chi connectivity index (χ0) is 22.3. The standard InChI is InChI=1S/C20H19F2N3O4S/c1-11-13(12(2)24-19(28)14(11)9-23)7-8-18(27)29-10-17(26)25-15-5-3-4-6-16(15)30-20(21)22/h3-6,20H,7-8,10H2,1-2H3,(H,24,28)(H,25,26). The Bertz CT molecular complexity index is 1050. The number of hydrogen-bond donors (Lipinski definition) is 2. The van der Waals surface area contributed by atoms with E-state index in [0.29, 0.717) is 28.6 Å². The van der Waals surface area contributed by atoms with Gasteiger partial charge in [-0.15, -0.1) is 0 Å². The van der Waals surface area contributed by atoms with Crippen LogP contribution in [-0.2, 0) is 20.7 Å². The van der Waals surface area contributed by atoms with Crippen LogP contribution in [0.3, 0.4) is 0 Å². The number of nitrogens with zero attached hydrogens (tertiary/aromatic N) is 1. The Morgan fingerprint density at radius 3 is 2.67 bits per heavy atom. The Morgan fingerprint density at radius 2 is 2.00 bits per heavy atom. The first-order chi connectivity index (χ1) is 14.2. The van der Waals surface area contributed by atoms with E-state index in [2.05, 4.69) is 10.3 Å². The molecular formula is C20H19F2N3O4S. The lowest BCUT2D eigenvalue weighted by molar-refractivity contribution is -0.147. The molecule has 30 heavy (non-hydrogen) atoms. The summed E-state index contributed by atoms with van der Waals surface area (Å²) in [7, 11) is 0. The molecule has 1 aromatic carbocycles. The number of anilines is 1. The maximum atomic E-state index is 12.6. The average molecular weight is 435 g/mol. The van der Waals surface area contributed by atoms with Crippen LogP contribution in [0, 0.1) is 25.2 Å². The summed E-state index contributed by atoms with van der Waals surface area (Å²) in [4.78, 5) is 38.5. The van der Waals surface area contributed by atoms with Gasteiger partial charge in [0.2, 0.25) is 0 Å². The maximum Gasteiger partial charge on any atom is 0.306 e. The highest BCUT2D eigenvalue weighted by atomic mass is 32.2. The van der Waals surface area contributed by atoms with Crippen LogP contribution in [0.25, 0.3) is 0 Å². The molecule has 2 aromatic rings. The number of aromatic nitrogens is 1. The molecule has 0 aliphatic carbocycles. The van der Waals surface area contributed by atoms with Gasteiger partial charge in [0.25, 0.3) is 17.2 Å². The number of rotatable bonds is 8. The largest absolute Gasteiger partial charge is 0.456 e. The Labute approximate surface area is 175 Å². The number of carbonyl (C=O) groups is 2. The summed E-state index contributed by atoms with van der Waals surface area (Å²) in [6, 6.07) is 7.91. The minimum absolute atomic E-state index is 0.0105. The second-order valence-electron chi connectivity index (χ2n) is 6.25. The minimum atomic E-state index is -2.64. The van der Waals surface area contributed by atoms with Crippen LogP contribution in [0.5, 0.6) is 0 Å². The van der Waals surface area contributed by atoms with Gasteiger partial charge in [0.1, 0.15) is 11.6 Å². The van der Waals surface area contributed by atoms with Crippen LogP contribution in [0.4, 0.5) is 14.5 Å². The first-order valence-corrected chi connectivity index (χ1v) is 9.72. The zero-order valence-corrected chi connectivity index (χ0v) is 17.1. The lowest BCUT2D eigenvalue weighted by Gasteiger charge is -2.12. The van der Waals surface area contributed by atoms with Crippen molar-refractivity contribution in [2.45, 2.75) is 37.3 Å². The summed E-state index contributed by atoms with van der Waals surface area (Å²) in [6.07, 6.45) is 0.154. The molecule has 0 saturated carbocycles. The number of benzene rings is 1. The fourth-order valence-corrected chi connectivity index (χ4v) is 3.42. The number of amides is 1. The average Bonchev–Trinajstić information content (AvgIpc) is 2.67. The highest BCUT2D eigenvalue weighted by Gasteiger charge is 2.16.